The van der Waals surface area contributed by atoms with Crippen LogP contribution in [0.1, 0.15) is 57.1 Å². The van der Waals surface area contributed by atoms with E-state index in [0.717, 1.165) is 68.8 Å². The molecule has 1 N–H and O–H groups in total. The first-order valence-electron chi connectivity index (χ1n) is 11.1. The summed E-state index contributed by atoms with van der Waals surface area (Å²) in [6.45, 7) is 6.58. The van der Waals surface area contributed by atoms with Crippen LogP contribution in [0, 0.1) is 11.3 Å². The zero-order valence-corrected chi connectivity index (χ0v) is 19.7. The number of nitrogens with zero attached hydrogens (tertiary/aromatic N) is 4. The maximum atomic E-state index is 13.4. The number of alkyl halides is 3. The number of thiocarbonyl (C=S) groups is 1. The van der Waals surface area contributed by atoms with Crippen molar-refractivity contribution in [3.05, 3.63) is 29.3 Å². The minimum Gasteiger partial charge on any atom is -0.392 e. The van der Waals surface area contributed by atoms with Crippen LogP contribution in [0.4, 0.5) is 18.9 Å². The van der Waals surface area contributed by atoms with Crippen molar-refractivity contribution in [2.45, 2.75) is 63.8 Å². The number of nitriles is 1. The highest BCUT2D eigenvalue weighted by atomic mass is 32.1. The number of aliphatic hydroxyl groups is 1. The maximum Gasteiger partial charge on any atom is 0.417 e. The molecular formula is C23H29F3N4O2S. The summed E-state index contributed by atoms with van der Waals surface area (Å²) in [5.74, 6) is -0.391. The van der Waals surface area contributed by atoms with Crippen LogP contribution in [0.2, 0.25) is 0 Å². The lowest BCUT2D eigenvalue weighted by atomic mass is 10.0. The van der Waals surface area contributed by atoms with Crippen LogP contribution >= 0.6 is 12.2 Å². The van der Waals surface area contributed by atoms with Gasteiger partial charge in [-0.2, -0.15) is 18.4 Å². The third-order valence-electron chi connectivity index (χ3n) is 6.36. The van der Waals surface area contributed by atoms with Gasteiger partial charge in [-0.1, -0.05) is 12.8 Å². The molecule has 0 spiro atoms. The van der Waals surface area contributed by atoms with E-state index in [1.54, 1.807) is 24.8 Å². The van der Waals surface area contributed by atoms with Crippen LogP contribution in [-0.4, -0.2) is 63.7 Å². The number of hydrogen-bond donors (Lipinski definition) is 1. The van der Waals surface area contributed by atoms with Gasteiger partial charge in [0.2, 0.25) is 0 Å². The van der Waals surface area contributed by atoms with Crippen molar-refractivity contribution in [1.29, 1.82) is 5.26 Å². The second kappa shape index (κ2) is 9.95. The predicted molar refractivity (Wildman–Crippen MR) is 123 cm³/mol. The molecule has 2 aliphatic rings. The van der Waals surface area contributed by atoms with E-state index >= 15 is 0 Å². The van der Waals surface area contributed by atoms with Crippen molar-refractivity contribution >= 4 is 28.9 Å². The summed E-state index contributed by atoms with van der Waals surface area (Å²) in [5.41, 5.74) is -2.54. The second-order valence-electron chi connectivity index (χ2n) is 9.13. The first kappa shape index (κ1) is 25.4. The summed E-state index contributed by atoms with van der Waals surface area (Å²) in [5, 5.41) is 18.8. The molecule has 1 aromatic carbocycles. The fourth-order valence-corrected chi connectivity index (χ4v) is 4.92. The number of anilines is 1. The monoisotopic (exact) mass is 482 g/mol. The molecule has 2 saturated heterocycles. The molecule has 1 atom stereocenters. The molecule has 180 valence electrons. The van der Waals surface area contributed by atoms with Gasteiger partial charge in [-0.3, -0.25) is 9.69 Å². The van der Waals surface area contributed by atoms with Crippen LogP contribution in [0.5, 0.6) is 0 Å². The van der Waals surface area contributed by atoms with Crippen molar-refractivity contribution in [1.82, 2.24) is 9.80 Å². The Morgan fingerprint density at radius 1 is 1.21 bits per heavy atom. The second-order valence-corrected chi connectivity index (χ2v) is 9.50. The van der Waals surface area contributed by atoms with Crippen LogP contribution in [0.3, 0.4) is 0 Å². The van der Waals surface area contributed by atoms with Gasteiger partial charge >= 0.3 is 6.18 Å². The van der Waals surface area contributed by atoms with Gasteiger partial charge < -0.3 is 14.9 Å². The first-order valence-corrected chi connectivity index (χ1v) is 11.6. The molecule has 0 saturated carbocycles. The molecule has 2 heterocycles. The van der Waals surface area contributed by atoms with Crippen LogP contribution in [0.25, 0.3) is 0 Å². The van der Waals surface area contributed by atoms with E-state index in [1.165, 1.54) is 6.07 Å². The van der Waals surface area contributed by atoms with Gasteiger partial charge in [0.15, 0.2) is 5.11 Å². The molecule has 0 unspecified atom stereocenters. The van der Waals surface area contributed by atoms with E-state index in [-0.39, 0.29) is 16.9 Å². The Labute approximate surface area is 197 Å². The molecule has 2 aliphatic heterocycles. The highest BCUT2D eigenvalue weighted by molar-refractivity contribution is 7.80. The lowest BCUT2D eigenvalue weighted by molar-refractivity contribution is -0.137. The minimum absolute atomic E-state index is 0.0136. The molecule has 10 heteroatoms. The molecule has 1 aromatic rings. The van der Waals surface area contributed by atoms with Gasteiger partial charge in [0, 0.05) is 19.6 Å². The summed E-state index contributed by atoms with van der Waals surface area (Å²) in [4.78, 5) is 18.3. The molecule has 0 radical (unpaired) electrons. The van der Waals surface area contributed by atoms with Gasteiger partial charge in [-0.05, 0) is 70.1 Å². The Bertz CT molecular complexity index is 945. The van der Waals surface area contributed by atoms with E-state index in [2.05, 4.69) is 4.90 Å². The lowest BCUT2D eigenvalue weighted by Crippen LogP contribution is -2.44. The number of halogens is 3. The fourth-order valence-electron chi connectivity index (χ4n) is 4.42. The number of aliphatic hydroxyl groups excluding tert-OH is 1. The van der Waals surface area contributed by atoms with Crippen molar-refractivity contribution in [2.24, 2.45) is 0 Å². The minimum atomic E-state index is -4.71. The smallest absolute Gasteiger partial charge is 0.392 e. The van der Waals surface area contributed by atoms with Crippen molar-refractivity contribution in [3.63, 3.8) is 0 Å². The highest BCUT2D eigenvalue weighted by Gasteiger charge is 2.49. The number of carbonyl (C=O) groups is 1. The van der Waals surface area contributed by atoms with E-state index in [4.69, 9.17) is 17.5 Å². The maximum absolute atomic E-state index is 13.4. The molecule has 6 nitrogen and oxygen atoms in total. The topological polar surface area (TPSA) is 70.8 Å². The lowest BCUT2D eigenvalue weighted by Gasteiger charge is -2.29. The number of rotatable bonds is 8. The Hall–Kier alpha value is -2.22. The predicted octanol–water partition coefficient (Wildman–Crippen LogP) is 3.92. The molecule has 3 rings (SSSR count). The Balaban J connectivity index is 1.62. The van der Waals surface area contributed by atoms with Gasteiger partial charge in [-0.15, -0.1) is 0 Å². The van der Waals surface area contributed by atoms with Crippen molar-refractivity contribution < 1.29 is 23.1 Å². The molecule has 1 amide bonds. The van der Waals surface area contributed by atoms with Gasteiger partial charge in [0.25, 0.3) is 5.91 Å². The molecule has 0 aromatic heterocycles. The van der Waals surface area contributed by atoms with E-state index in [1.807, 2.05) is 0 Å². The molecule has 2 fully saturated rings. The Kier molecular flexibility index (Phi) is 7.66. The van der Waals surface area contributed by atoms with Gasteiger partial charge in [0.1, 0.15) is 5.54 Å². The van der Waals surface area contributed by atoms with E-state index < -0.39 is 28.7 Å². The average molecular weight is 483 g/mol. The number of β-amino-alcohol motifs (C(OH)–C–C–N with tert-alkyl or cyclic N) is 1. The van der Waals surface area contributed by atoms with Crippen LogP contribution in [0.15, 0.2) is 18.2 Å². The number of likely N-dealkylation sites (tertiary alicyclic amines) is 1. The van der Waals surface area contributed by atoms with Crippen molar-refractivity contribution in [3.8, 4) is 6.07 Å². The van der Waals surface area contributed by atoms with Gasteiger partial charge in [0.05, 0.1) is 29.0 Å². The number of hydrogen-bond acceptors (Lipinski definition) is 5. The largest absolute Gasteiger partial charge is 0.417 e. The molecule has 33 heavy (non-hydrogen) atoms. The first-order chi connectivity index (χ1) is 15.5. The average Bonchev–Trinajstić information content (AvgIpc) is 3.23. The number of unbranched alkanes of at least 4 members (excludes halogenated alkanes) is 3. The Morgan fingerprint density at radius 3 is 2.45 bits per heavy atom. The van der Waals surface area contributed by atoms with Crippen LogP contribution in [-0.2, 0) is 11.0 Å². The number of amides is 1. The molecule has 0 aliphatic carbocycles. The zero-order valence-electron chi connectivity index (χ0n) is 18.9. The fraction of sp³-hybridized carbons (Fsp3) is 0.609. The standard InChI is InChI=1S/C23H29F3N4O2S/c1-22(2)20(32)30(17-8-7-16(14-27)19(13-17)23(24,25)26)21(33)29(22)11-6-4-3-5-10-28-12-9-18(31)15-28/h7-8,13,18,31H,3-6,9-12,15H2,1-2H3/t18-/m1/s1. The SMILES string of the molecule is CC1(C)C(=O)N(c2ccc(C#N)c(C(F)(F)F)c2)C(=S)N1CCCCCCN1CC[C@@H](O)C1. The summed E-state index contributed by atoms with van der Waals surface area (Å²) < 4.78 is 40.2. The third-order valence-corrected chi connectivity index (χ3v) is 6.77. The normalized spacial score (nSPS) is 21.2. The van der Waals surface area contributed by atoms with Gasteiger partial charge in [-0.25, -0.2) is 0 Å². The number of benzene rings is 1. The molecule has 0 bridgehead atoms. The van der Waals surface area contributed by atoms with Crippen molar-refractivity contribution in [2.75, 3.05) is 31.1 Å². The summed E-state index contributed by atoms with van der Waals surface area (Å²) in [6, 6.07) is 4.77. The number of carbonyl (C=O) groups excluding carboxylic acids is 1. The molecular weight excluding hydrogens is 453 g/mol. The van der Waals surface area contributed by atoms with E-state index in [0.29, 0.717) is 6.54 Å². The zero-order chi connectivity index (χ0) is 24.4. The van der Waals surface area contributed by atoms with E-state index in [9.17, 15) is 23.1 Å². The summed E-state index contributed by atoms with van der Waals surface area (Å²) in [7, 11) is 0. The van der Waals surface area contributed by atoms with Crippen LogP contribution < -0.4 is 4.90 Å². The Morgan fingerprint density at radius 2 is 1.88 bits per heavy atom. The highest BCUT2D eigenvalue weighted by Crippen LogP contribution is 2.38. The third kappa shape index (κ3) is 5.48. The quantitative estimate of drug-likeness (QED) is 0.448. The summed E-state index contributed by atoms with van der Waals surface area (Å²) >= 11 is 5.51. The summed E-state index contributed by atoms with van der Waals surface area (Å²) in [6.07, 6.45) is -0.327.